The van der Waals surface area contributed by atoms with Crippen LogP contribution in [0.4, 0.5) is 9.52 Å². The van der Waals surface area contributed by atoms with Gasteiger partial charge in [-0.1, -0.05) is 12.1 Å². The lowest BCUT2D eigenvalue weighted by Gasteiger charge is -2.17. The quantitative estimate of drug-likeness (QED) is 0.754. The maximum absolute atomic E-state index is 13.2. The molecule has 0 radical (unpaired) electrons. The van der Waals surface area contributed by atoms with Crippen LogP contribution >= 0.6 is 11.3 Å². The van der Waals surface area contributed by atoms with Crippen molar-refractivity contribution in [2.75, 3.05) is 5.32 Å². The van der Waals surface area contributed by atoms with Gasteiger partial charge in [0.15, 0.2) is 10.8 Å². The second-order valence-corrected chi connectivity index (χ2v) is 6.70. The Balaban J connectivity index is 1.76. The van der Waals surface area contributed by atoms with Crippen LogP contribution in [0.1, 0.15) is 41.9 Å². The van der Waals surface area contributed by atoms with Crippen LogP contribution in [0.15, 0.2) is 29.6 Å². The van der Waals surface area contributed by atoms with E-state index in [4.69, 9.17) is 4.74 Å². The average Bonchev–Trinajstić information content (AvgIpc) is 3.28. The minimum atomic E-state index is -1.21. The Kier molecular flexibility index (Phi) is 5.27. The van der Waals surface area contributed by atoms with Gasteiger partial charge < -0.3 is 15.4 Å². The number of aromatic nitrogens is 1. The zero-order chi connectivity index (χ0) is 18.7. The summed E-state index contributed by atoms with van der Waals surface area (Å²) in [6.45, 7) is 1.33. The molecule has 0 aliphatic heterocycles. The van der Waals surface area contributed by atoms with Gasteiger partial charge in [-0.15, -0.1) is 11.3 Å². The summed E-state index contributed by atoms with van der Waals surface area (Å²) in [7, 11) is 0. The van der Waals surface area contributed by atoms with E-state index in [1.807, 2.05) is 0 Å². The lowest BCUT2D eigenvalue weighted by atomic mass is 10.1. The van der Waals surface area contributed by atoms with E-state index in [1.54, 1.807) is 0 Å². The zero-order valence-electron chi connectivity index (χ0n) is 13.8. The van der Waals surface area contributed by atoms with Crippen LogP contribution in [0.3, 0.4) is 0 Å². The SMILES string of the molecule is CC(=O)Nc1nc(C(=O)O[C@@H](C(=O)NC2CC2)c2ccc(F)cc2)cs1. The van der Waals surface area contributed by atoms with Gasteiger partial charge in [0.05, 0.1) is 0 Å². The maximum atomic E-state index is 13.2. The minimum absolute atomic E-state index is 0.0231. The van der Waals surface area contributed by atoms with Gasteiger partial charge >= 0.3 is 5.97 Å². The van der Waals surface area contributed by atoms with Crippen LogP contribution < -0.4 is 10.6 Å². The first kappa shape index (κ1) is 18.0. The molecule has 1 fully saturated rings. The fraction of sp³-hybridized carbons (Fsp3) is 0.294. The van der Waals surface area contributed by atoms with Gasteiger partial charge in [-0.3, -0.25) is 9.59 Å². The summed E-state index contributed by atoms with van der Waals surface area (Å²) in [6, 6.07) is 5.25. The van der Waals surface area contributed by atoms with Crippen LogP contribution in [0, 0.1) is 5.82 Å². The minimum Gasteiger partial charge on any atom is -0.443 e. The molecule has 2 aromatic rings. The number of nitrogens with zero attached hydrogens (tertiary/aromatic N) is 1. The van der Waals surface area contributed by atoms with E-state index in [-0.39, 0.29) is 22.8 Å². The molecule has 3 rings (SSSR count). The number of anilines is 1. The van der Waals surface area contributed by atoms with E-state index in [2.05, 4.69) is 15.6 Å². The van der Waals surface area contributed by atoms with Crippen LogP contribution in [-0.4, -0.2) is 28.8 Å². The number of hydrogen-bond acceptors (Lipinski definition) is 6. The Morgan fingerprint density at radius 1 is 1.27 bits per heavy atom. The molecule has 2 amide bonds. The van der Waals surface area contributed by atoms with Gasteiger partial charge in [-0.25, -0.2) is 14.2 Å². The Morgan fingerprint density at radius 3 is 2.58 bits per heavy atom. The van der Waals surface area contributed by atoms with Crippen molar-refractivity contribution in [1.29, 1.82) is 0 Å². The molecule has 1 saturated carbocycles. The Morgan fingerprint density at radius 2 is 1.96 bits per heavy atom. The first-order valence-corrected chi connectivity index (χ1v) is 8.80. The molecule has 0 spiro atoms. The van der Waals surface area contributed by atoms with Crippen LogP contribution in [-0.2, 0) is 14.3 Å². The van der Waals surface area contributed by atoms with Crippen molar-refractivity contribution < 1.29 is 23.5 Å². The lowest BCUT2D eigenvalue weighted by Crippen LogP contribution is -2.33. The number of hydrogen-bond donors (Lipinski definition) is 2. The number of thiazole rings is 1. The van der Waals surface area contributed by atoms with Gasteiger partial charge in [0.1, 0.15) is 5.82 Å². The molecule has 1 aromatic carbocycles. The molecule has 0 bridgehead atoms. The third kappa shape index (κ3) is 4.63. The van der Waals surface area contributed by atoms with Crippen molar-refractivity contribution in [1.82, 2.24) is 10.3 Å². The van der Waals surface area contributed by atoms with Crippen molar-refractivity contribution >= 4 is 34.3 Å². The predicted molar refractivity (Wildman–Crippen MR) is 92.1 cm³/mol. The van der Waals surface area contributed by atoms with Crippen molar-refractivity contribution in [3.63, 3.8) is 0 Å². The molecule has 136 valence electrons. The predicted octanol–water partition coefficient (Wildman–Crippen LogP) is 2.42. The summed E-state index contributed by atoms with van der Waals surface area (Å²) >= 11 is 1.07. The van der Waals surface area contributed by atoms with E-state index >= 15 is 0 Å². The van der Waals surface area contributed by atoms with E-state index in [0.717, 1.165) is 24.2 Å². The summed E-state index contributed by atoms with van der Waals surface area (Å²) in [4.78, 5) is 39.8. The largest absolute Gasteiger partial charge is 0.443 e. The average molecular weight is 377 g/mol. The lowest BCUT2D eigenvalue weighted by molar-refractivity contribution is -0.130. The third-order valence-electron chi connectivity index (χ3n) is 3.56. The molecule has 1 aromatic heterocycles. The third-order valence-corrected chi connectivity index (χ3v) is 4.31. The molecule has 9 heteroatoms. The van der Waals surface area contributed by atoms with Gasteiger partial charge in [-0.05, 0) is 25.0 Å². The monoisotopic (exact) mass is 377 g/mol. The molecule has 0 unspecified atom stereocenters. The summed E-state index contributed by atoms with van der Waals surface area (Å²) in [5.74, 6) is -2.05. The molecule has 1 aliphatic carbocycles. The summed E-state index contributed by atoms with van der Waals surface area (Å²) < 4.78 is 18.5. The summed E-state index contributed by atoms with van der Waals surface area (Å²) in [5.41, 5.74) is 0.334. The maximum Gasteiger partial charge on any atom is 0.359 e. The van der Waals surface area contributed by atoms with E-state index < -0.39 is 23.8 Å². The van der Waals surface area contributed by atoms with Crippen molar-refractivity contribution in [3.05, 3.63) is 46.7 Å². The molecular formula is C17H16FN3O4S. The summed E-state index contributed by atoms with van der Waals surface area (Å²) in [6.07, 6.45) is 0.541. The molecule has 1 aliphatic rings. The summed E-state index contributed by atoms with van der Waals surface area (Å²) in [5, 5.41) is 6.92. The Hall–Kier alpha value is -2.81. The number of amides is 2. The fourth-order valence-electron chi connectivity index (χ4n) is 2.16. The normalized spacial score (nSPS) is 14.4. The number of carbonyl (C=O) groups excluding carboxylic acids is 3. The number of benzene rings is 1. The van der Waals surface area contributed by atoms with Crippen LogP contribution in [0.2, 0.25) is 0 Å². The Bertz CT molecular complexity index is 833. The molecule has 0 saturated heterocycles. The number of nitrogens with one attached hydrogen (secondary N) is 2. The Labute approximate surface area is 152 Å². The number of ether oxygens (including phenoxy) is 1. The highest BCUT2D eigenvalue weighted by atomic mass is 32.1. The van der Waals surface area contributed by atoms with Gasteiger partial charge in [-0.2, -0.15) is 0 Å². The standard InChI is InChI=1S/C17H16FN3O4S/c1-9(22)19-17-21-13(8-26-17)16(24)25-14(15(23)20-12-6-7-12)10-2-4-11(18)5-3-10/h2-5,8,12,14H,6-7H2,1H3,(H,20,23)(H,19,21,22)/t14-/m1/s1. The highest BCUT2D eigenvalue weighted by molar-refractivity contribution is 7.14. The smallest absolute Gasteiger partial charge is 0.359 e. The zero-order valence-corrected chi connectivity index (χ0v) is 14.6. The molecule has 7 nitrogen and oxygen atoms in total. The number of halogens is 1. The molecule has 1 atom stereocenters. The number of rotatable bonds is 6. The molecular weight excluding hydrogens is 361 g/mol. The van der Waals surface area contributed by atoms with E-state index in [1.165, 1.54) is 36.6 Å². The van der Waals surface area contributed by atoms with Crippen LogP contribution in [0.25, 0.3) is 0 Å². The van der Waals surface area contributed by atoms with Gasteiger partial charge in [0.25, 0.3) is 5.91 Å². The topological polar surface area (TPSA) is 97.4 Å². The fourth-order valence-corrected chi connectivity index (χ4v) is 2.88. The van der Waals surface area contributed by atoms with Gasteiger partial charge in [0.2, 0.25) is 12.0 Å². The van der Waals surface area contributed by atoms with Crippen molar-refractivity contribution in [3.8, 4) is 0 Å². The molecule has 2 N–H and O–H groups in total. The van der Waals surface area contributed by atoms with Gasteiger partial charge in [0, 0.05) is 23.9 Å². The first-order chi connectivity index (χ1) is 12.4. The van der Waals surface area contributed by atoms with Crippen molar-refractivity contribution in [2.24, 2.45) is 0 Å². The second kappa shape index (κ2) is 7.61. The highest BCUT2D eigenvalue weighted by Crippen LogP contribution is 2.25. The number of carbonyl (C=O) groups is 3. The molecule has 1 heterocycles. The van der Waals surface area contributed by atoms with E-state index in [0.29, 0.717) is 5.56 Å². The number of esters is 1. The van der Waals surface area contributed by atoms with Crippen molar-refractivity contribution in [2.45, 2.75) is 31.9 Å². The van der Waals surface area contributed by atoms with Crippen LogP contribution in [0.5, 0.6) is 0 Å². The molecule has 26 heavy (non-hydrogen) atoms. The highest BCUT2D eigenvalue weighted by Gasteiger charge is 2.31. The van der Waals surface area contributed by atoms with E-state index in [9.17, 15) is 18.8 Å². The first-order valence-electron chi connectivity index (χ1n) is 7.92. The second-order valence-electron chi connectivity index (χ2n) is 5.84.